The maximum absolute atomic E-state index is 11.2. The molecule has 0 atom stereocenters. The van der Waals surface area contributed by atoms with Gasteiger partial charge in [0.15, 0.2) is 0 Å². The minimum Gasteiger partial charge on any atom is -0.379 e. The standard InChI is InChI=1S/C12H18N2O4S/c1-2-10-9-11(3-4-12(10)19(15,16)17)13-14-5-7-18-8-6-14/h3-4,9,13H,2,5-8H2,1H3,(H,15,16,17). The molecule has 0 spiro atoms. The highest BCUT2D eigenvalue weighted by atomic mass is 32.2. The lowest BCUT2D eigenvalue weighted by Crippen LogP contribution is -2.40. The molecular weight excluding hydrogens is 268 g/mol. The smallest absolute Gasteiger partial charge is 0.294 e. The van der Waals surface area contributed by atoms with Crippen LogP contribution in [0.15, 0.2) is 23.1 Å². The van der Waals surface area contributed by atoms with Crippen LogP contribution in [0.3, 0.4) is 0 Å². The van der Waals surface area contributed by atoms with Gasteiger partial charge in [0.1, 0.15) is 0 Å². The number of hydrazine groups is 1. The number of hydrogen-bond donors (Lipinski definition) is 2. The Balaban J connectivity index is 2.19. The summed E-state index contributed by atoms with van der Waals surface area (Å²) in [5, 5.41) is 2.02. The molecule has 106 valence electrons. The van der Waals surface area contributed by atoms with Gasteiger partial charge in [-0.1, -0.05) is 6.92 Å². The van der Waals surface area contributed by atoms with E-state index in [1.54, 1.807) is 12.1 Å². The van der Waals surface area contributed by atoms with Crippen LogP contribution in [-0.2, 0) is 21.3 Å². The second kappa shape index (κ2) is 5.87. The predicted molar refractivity (Wildman–Crippen MR) is 71.6 cm³/mol. The lowest BCUT2D eigenvalue weighted by Gasteiger charge is -2.28. The summed E-state index contributed by atoms with van der Waals surface area (Å²) in [6.07, 6.45) is 0.535. The van der Waals surface area contributed by atoms with Crippen molar-refractivity contribution in [3.8, 4) is 0 Å². The van der Waals surface area contributed by atoms with Crippen molar-refractivity contribution in [1.82, 2.24) is 5.01 Å². The molecule has 1 aliphatic rings. The number of aryl methyl sites for hydroxylation is 1. The Morgan fingerprint density at radius 1 is 1.37 bits per heavy atom. The third-order valence-corrected chi connectivity index (χ3v) is 3.97. The fourth-order valence-corrected chi connectivity index (χ4v) is 2.81. The zero-order valence-corrected chi connectivity index (χ0v) is 11.6. The molecule has 1 saturated heterocycles. The molecule has 19 heavy (non-hydrogen) atoms. The van der Waals surface area contributed by atoms with Gasteiger partial charge in [0, 0.05) is 18.8 Å². The van der Waals surface area contributed by atoms with E-state index in [9.17, 15) is 8.42 Å². The highest BCUT2D eigenvalue weighted by Gasteiger charge is 2.16. The number of hydrogen-bond acceptors (Lipinski definition) is 5. The molecule has 0 bridgehead atoms. The summed E-state index contributed by atoms with van der Waals surface area (Å²) in [6, 6.07) is 4.83. The molecule has 0 radical (unpaired) electrons. The topological polar surface area (TPSA) is 78.9 Å². The molecule has 0 unspecified atom stereocenters. The lowest BCUT2D eigenvalue weighted by molar-refractivity contribution is 0.0497. The highest BCUT2D eigenvalue weighted by Crippen LogP contribution is 2.21. The first-order valence-corrected chi connectivity index (χ1v) is 7.64. The molecule has 0 saturated carbocycles. The van der Waals surface area contributed by atoms with Gasteiger partial charge in [-0.05, 0) is 30.2 Å². The van der Waals surface area contributed by atoms with Crippen molar-refractivity contribution in [2.45, 2.75) is 18.2 Å². The van der Waals surface area contributed by atoms with Gasteiger partial charge in [-0.25, -0.2) is 5.01 Å². The molecule has 1 aromatic carbocycles. The van der Waals surface area contributed by atoms with Gasteiger partial charge in [0.2, 0.25) is 0 Å². The first kappa shape index (κ1) is 14.3. The van der Waals surface area contributed by atoms with Crippen LogP contribution in [0, 0.1) is 0 Å². The minimum atomic E-state index is -4.16. The van der Waals surface area contributed by atoms with E-state index in [-0.39, 0.29) is 4.90 Å². The number of nitrogens with one attached hydrogen (secondary N) is 1. The first-order chi connectivity index (χ1) is 9.00. The number of benzene rings is 1. The van der Waals surface area contributed by atoms with Crippen LogP contribution in [0.4, 0.5) is 5.69 Å². The Hall–Kier alpha value is -1.15. The SMILES string of the molecule is CCc1cc(NN2CCOCC2)ccc1S(=O)(=O)O. The predicted octanol–water partition coefficient (Wildman–Crippen LogP) is 1.15. The average molecular weight is 286 g/mol. The highest BCUT2D eigenvalue weighted by molar-refractivity contribution is 7.85. The van der Waals surface area contributed by atoms with Crippen LogP contribution in [0.25, 0.3) is 0 Å². The summed E-state index contributed by atoms with van der Waals surface area (Å²) >= 11 is 0. The third-order valence-electron chi connectivity index (χ3n) is 3.02. The molecule has 1 fully saturated rings. The molecular formula is C12H18N2O4S. The van der Waals surface area contributed by atoms with Crippen molar-refractivity contribution >= 4 is 15.8 Å². The lowest BCUT2D eigenvalue weighted by atomic mass is 10.1. The van der Waals surface area contributed by atoms with Crippen molar-refractivity contribution < 1.29 is 17.7 Å². The summed E-state index contributed by atoms with van der Waals surface area (Å²) in [5.41, 5.74) is 4.62. The number of rotatable bonds is 4. The van der Waals surface area contributed by atoms with E-state index < -0.39 is 10.1 Å². The van der Waals surface area contributed by atoms with E-state index in [1.807, 2.05) is 11.9 Å². The van der Waals surface area contributed by atoms with E-state index in [1.165, 1.54) is 6.07 Å². The van der Waals surface area contributed by atoms with Crippen molar-refractivity contribution in [1.29, 1.82) is 0 Å². The number of anilines is 1. The fourth-order valence-electron chi connectivity index (χ4n) is 2.03. The largest absolute Gasteiger partial charge is 0.379 e. The maximum Gasteiger partial charge on any atom is 0.294 e. The number of morpholine rings is 1. The second-order valence-electron chi connectivity index (χ2n) is 4.36. The van der Waals surface area contributed by atoms with Crippen molar-refractivity contribution in [2.75, 3.05) is 31.7 Å². The zero-order valence-electron chi connectivity index (χ0n) is 10.8. The van der Waals surface area contributed by atoms with Gasteiger partial charge in [0.05, 0.1) is 18.1 Å². The molecule has 0 aliphatic carbocycles. The molecule has 6 nitrogen and oxygen atoms in total. The van der Waals surface area contributed by atoms with E-state index >= 15 is 0 Å². The number of nitrogens with zero attached hydrogens (tertiary/aromatic N) is 1. The van der Waals surface area contributed by atoms with Crippen LogP contribution in [-0.4, -0.2) is 44.3 Å². The Kier molecular flexibility index (Phi) is 4.41. The molecule has 1 aromatic rings. The van der Waals surface area contributed by atoms with Crippen LogP contribution < -0.4 is 5.43 Å². The Morgan fingerprint density at radius 3 is 2.63 bits per heavy atom. The zero-order chi connectivity index (χ0) is 13.9. The van der Waals surface area contributed by atoms with Gasteiger partial charge in [-0.15, -0.1) is 0 Å². The summed E-state index contributed by atoms with van der Waals surface area (Å²) in [4.78, 5) is -0.0254. The second-order valence-corrected chi connectivity index (χ2v) is 5.75. The van der Waals surface area contributed by atoms with Crippen LogP contribution in [0.1, 0.15) is 12.5 Å². The molecule has 1 heterocycles. The van der Waals surface area contributed by atoms with Gasteiger partial charge in [-0.3, -0.25) is 4.55 Å². The van der Waals surface area contributed by atoms with Gasteiger partial charge in [0.25, 0.3) is 10.1 Å². The molecule has 0 amide bonds. The van der Waals surface area contributed by atoms with E-state index in [4.69, 9.17) is 9.29 Å². The third kappa shape index (κ3) is 3.66. The van der Waals surface area contributed by atoms with Crippen molar-refractivity contribution in [3.63, 3.8) is 0 Å². The summed E-state index contributed by atoms with van der Waals surface area (Å²) in [5.74, 6) is 0. The summed E-state index contributed by atoms with van der Waals surface area (Å²) in [7, 11) is -4.16. The molecule has 2 N–H and O–H groups in total. The Bertz CT molecular complexity index is 539. The van der Waals surface area contributed by atoms with E-state index in [2.05, 4.69) is 5.43 Å². The fraction of sp³-hybridized carbons (Fsp3) is 0.500. The summed E-state index contributed by atoms with van der Waals surface area (Å²) < 4.78 is 36.8. The molecule has 7 heteroatoms. The van der Waals surface area contributed by atoms with E-state index in [0.29, 0.717) is 25.2 Å². The summed E-state index contributed by atoms with van der Waals surface area (Å²) in [6.45, 7) is 4.76. The number of ether oxygens (including phenoxy) is 1. The Morgan fingerprint density at radius 2 is 2.05 bits per heavy atom. The minimum absolute atomic E-state index is 0.0254. The first-order valence-electron chi connectivity index (χ1n) is 6.20. The van der Waals surface area contributed by atoms with Crippen LogP contribution in [0.5, 0.6) is 0 Å². The van der Waals surface area contributed by atoms with Crippen LogP contribution in [0.2, 0.25) is 0 Å². The van der Waals surface area contributed by atoms with Crippen molar-refractivity contribution in [2.24, 2.45) is 0 Å². The quantitative estimate of drug-likeness (QED) is 0.809. The molecule has 0 aromatic heterocycles. The molecule has 1 aliphatic heterocycles. The normalized spacial score (nSPS) is 17.4. The monoisotopic (exact) mass is 286 g/mol. The average Bonchev–Trinajstić information content (AvgIpc) is 2.38. The Labute approximate surface area is 113 Å². The van der Waals surface area contributed by atoms with Gasteiger partial charge >= 0.3 is 0 Å². The van der Waals surface area contributed by atoms with E-state index in [0.717, 1.165) is 18.8 Å². The van der Waals surface area contributed by atoms with Crippen LogP contribution >= 0.6 is 0 Å². The van der Waals surface area contributed by atoms with Crippen molar-refractivity contribution in [3.05, 3.63) is 23.8 Å². The maximum atomic E-state index is 11.2. The molecule has 2 rings (SSSR count). The van der Waals surface area contributed by atoms with Gasteiger partial charge in [-0.2, -0.15) is 8.42 Å². The van der Waals surface area contributed by atoms with Gasteiger partial charge < -0.3 is 10.2 Å².